The van der Waals surface area contributed by atoms with Gasteiger partial charge in [-0.2, -0.15) is 4.31 Å². The summed E-state index contributed by atoms with van der Waals surface area (Å²) < 4.78 is 31.0. The third-order valence-electron chi connectivity index (χ3n) is 1.84. The normalized spacial score (nSPS) is 12.3. The first-order valence-electron chi connectivity index (χ1n) is 4.18. The van der Waals surface area contributed by atoms with Crippen molar-refractivity contribution in [1.82, 2.24) is 4.31 Å². The van der Waals surface area contributed by atoms with Crippen LogP contribution < -0.4 is 0 Å². The lowest BCUT2D eigenvalue weighted by molar-refractivity contribution is 0.185. The lowest BCUT2D eigenvalue weighted by Crippen LogP contribution is -2.29. The van der Waals surface area contributed by atoms with E-state index in [1.54, 1.807) is 25.6 Å². The molecule has 0 saturated carbocycles. The molecule has 0 spiro atoms. The van der Waals surface area contributed by atoms with Gasteiger partial charge in [0.1, 0.15) is 4.21 Å². The molecule has 0 aliphatic heterocycles. The maximum Gasteiger partial charge on any atom is 0.253 e. The summed E-state index contributed by atoms with van der Waals surface area (Å²) in [5, 5.41) is 1.74. The largest absolute Gasteiger partial charge is 0.383 e. The van der Waals surface area contributed by atoms with Crippen molar-refractivity contribution < 1.29 is 13.2 Å². The van der Waals surface area contributed by atoms with Gasteiger partial charge in [0.25, 0.3) is 10.0 Å². The number of ether oxygens (including phenoxy) is 1. The predicted molar refractivity (Wildman–Crippen MR) is 63.7 cm³/mol. The molecular weight excluding hydrogens is 302 g/mol. The third-order valence-corrected chi connectivity index (χ3v) is 6.34. The molecule has 1 heterocycles. The highest BCUT2D eigenvalue weighted by Crippen LogP contribution is 2.29. The standard InChI is InChI=1S/C8H12BrNO3S2/c1-10(4-5-13-2)15(11,12)8-7(9)3-6-14-8/h3,6H,4-5H2,1-2H3. The monoisotopic (exact) mass is 313 g/mol. The lowest BCUT2D eigenvalue weighted by atomic mass is 10.7. The molecule has 0 atom stereocenters. The van der Waals surface area contributed by atoms with E-state index in [0.717, 1.165) is 0 Å². The fourth-order valence-corrected chi connectivity index (χ4v) is 4.60. The highest BCUT2D eigenvalue weighted by atomic mass is 79.9. The lowest BCUT2D eigenvalue weighted by Gasteiger charge is -2.15. The van der Waals surface area contributed by atoms with Gasteiger partial charge in [-0.05, 0) is 27.4 Å². The van der Waals surface area contributed by atoms with Crippen molar-refractivity contribution >= 4 is 37.3 Å². The SMILES string of the molecule is COCCN(C)S(=O)(=O)c1sccc1Br. The Labute approximate surface area is 102 Å². The number of sulfonamides is 1. The van der Waals surface area contributed by atoms with E-state index in [2.05, 4.69) is 15.9 Å². The second kappa shape index (κ2) is 5.40. The average Bonchev–Trinajstić information content (AvgIpc) is 2.61. The Balaban J connectivity index is 2.88. The minimum absolute atomic E-state index is 0.334. The van der Waals surface area contributed by atoms with Crippen molar-refractivity contribution in [1.29, 1.82) is 0 Å². The van der Waals surface area contributed by atoms with Gasteiger partial charge in [-0.25, -0.2) is 8.42 Å². The quantitative estimate of drug-likeness (QED) is 0.832. The van der Waals surface area contributed by atoms with Crippen LogP contribution in [0.25, 0.3) is 0 Å². The molecule has 0 aromatic carbocycles. The molecule has 86 valence electrons. The van der Waals surface area contributed by atoms with Gasteiger partial charge in [0.2, 0.25) is 0 Å². The van der Waals surface area contributed by atoms with E-state index >= 15 is 0 Å². The van der Waals surface area contributed by atoms with Gasteiger partial charge < -0.3 is 4.74 Å². The number of rotatable bonds is 5. The number of hydrogen-bond donors (Lipinski definition) is 0. The van der Waals surface area contributed by atoms with E-state index in [-0.39, 0.29) is 0 Å². The zero-order valence-electron chi connectivity index (χ0n) is 8.44. The minimum Gasteiger partial charge on any atom is -0.383 e. The van der Waals surface area contributed by atoms with Crippen LogP contribution in [0.1, 0.15) is 0 Å². The number of hydrogen-bond acceptors (Lipinski definition) is 4. The molecule has 0 N–H and O–H groups in total. The van der Waals surface area contributed by atoms with Crippen LogP contribution in [-0.4, -0.2) is 40.0 Å². The Hall–Kier alpha value is 0.0500. The second-order valence-electron chi connectivity index (χ2n) is 2.88. The van der Waals surface area contributed by atoms with E-state index < -0.39 is 10.0 Å². The van der Waals surface area contributed by atoms with Crippen molar-refractivity contribution in [3.05, 3.63) is 15.9 Å². The number of methoxy groups -OCH3 is 1. The number of thiophene rings is 1. The molecule has 0 aliphatic carbocycles. The van der Waals surface area contributed by atoms with E-state index in [1.807, 2.05) is 0 Å². The molecular formula is C8H12BrNO3S2. The molecule has 0 bridgehead atoms. The van der Waals surface area contributed by atoms with Crippen LogP contribution in [0.2, 0.25) is 0 Å². The van der Waals surface area contributed by atoms with Gasteiger partial charge in [-0.15, -0.1) is 11.3 Å². The first-order valence-corrected chi connectivity index (χ1v) is 7.29. The summed E-state index contributed by atoms with van der Waals surface area (Å²) in [5.74, 6) is 0. The number of halogens is 1. The van der Waals surface area contributed by atoms with Crippen molar-refractivity contribution in [3.8, 4) is 0 Å². The summed E-state index contributed by atoms with van der Waals surface area (Å²) in [4.78, 5) is 0. The molecule has 0 amide bonds. The maximum absolute atomic E-state index is 12.0. The van der Waals surface area contributed by atoms with Crippen molar-refractivity contribution in [2.45, 2.75) is 4.21 Å². The van der Waals surface area contributed by atoms with Crippen LogP contribution in [0.15, 0.2) is 20.1 Å². The zero-order chi connectivity index (χ0) is 11.5. The highest BCUT2D eigenvalue weighted by molar-refractivity contribution is 9.10. The molecule has 1 aromatic rings. The molecule has 7 heteroatoms. The fourth-order valence-electron chi connectivity index (χ4n) is 0.945. The second-order valence-corrected chi connectivity index (χ2v) is 6.89. The zero-order valence-corrected chi connectivity index (χ0v) is 11.7. The van der Waals surface area contributed by atoms with Crippen LogP contribution >= 0.6 is 27.3 Å². The Kier molecular flexibility index (Phi) is 4.72. The Morgan fingerprint density at radius 3 is 2.73 bits per heavy atom. The van der Waals surface area contributed by atoms with Gasteiger partial charge in [-0.1, -0.05) is 0 Å². The summed E-state index contributed by atoms with van der Waals surface area (Å²) >= 11 is 4.41. The van der Waals surface area contributed by atoms with Crippen molar-refractivity contribution in [2.24, 2.45) is 0 Å². The van der Waals surface area contributed by atoms with Crippen LogP contribution in [0, 0.1) is 0 Å². The molecule has 15 heavy (non-hydrogen) atoms. The number of likely N-dealkylation sites (N-methyl/N-ethyl adjacent to an activating group) is 1. The fraction of sp³-hybridized carbons (Fsp3) is 0.500. The Morgan fingerprint density at radius 2 is 2.27 bits per heavy atom. The van der Waals surface area contributed by atoms with Crippen molar-refractivity contribution in [3.63, 3.8) is 0 Å². The Bertz CT molecular complexity index is 415. The van der Waals surface area contributed by atoms with Gasteiger partial charge in [0, 0.05) is 25.2 Å². The predicted octanol–water partition coefficient (Wildman–Crippen LogP) is 1.78. The van der Waals surface area contributed by atoms with Crippen LogP contribution in [0.4, 0.5) is 0 Å². The summed E-state index contributed by atoms with van der Waals surface area (Å²) in [7, 11) is -0.288. The Morgan fingerprint density at radius 1 is 1.60 bits per heavy atom. The first-order chi connectivity index (χ1) is 7.00. The topological polar surface area (TPSA) is 46.6 Å². The van der Waals surface area contributed by atoms with E-state index in [1.165, 1.54) is 15.6 Å². The number of nitrogens with zero attached hydrogens (tertiary/aromatic N) is 1. The van der Waals surface area contributed by atoms with Gasteiger partial charge >= 0.3 is 0 Å². The maximum atomic E-state index is 12.0. The van der Waals surface area contributed by atoms with Crippen LogP contribution in [-0.2, 0) is 14.8 Å². The molecule has 0 saturated heterocycles. The summed E-state index contributed by atoms with van der Waals surface area (Å²) in [6.07, 6.45) is 0. The molecule has 0 unspecified atom stereocenters. The van der Waals surface area contributed by atoms with Crippen LogP contribution in [0.3, 0.4) is 0 Å². The first kappa shape index (κ1) is 13.1. The smallest absolute Gasteiger partial charge is 0.253 e. The molecule has 0 aliphatic rings. The minimum atomic E-state index is -3.37. The molecule has 1 rings (SSSR count). The molecule has 0 fully saturated rings. The molecule has 0 radical (unpaired) electrons. The van der Waals surface area contributed by atoms with Gasteiger partial charge in [-0.3, -0.25) is 0 Å². The third kappa shape index (κ3) is 3.01. The van der Waals surface area contributed by atoms with Crippen LogP contribution in [0.5, 0.6) is 0 Å². The highest BCUT2D eigenvalue weighted by Gasteiger charge is 2.24. The summed E-state index contributed by atoms with van der Waals surface area (Å²) in [5.41, 5.74) is 0. The summed E-state index contributed by atoms with van der Waals surface area (Å²) in [6, 6.07) is 1.72. The van der Waals surface area contributed by atoms with Gasteiger partial charge in [0.15, 0.2) is 0 Å². The van der Waals surface area contributed by atoms with E-state index in [4.69, 9.17) is 4.74 Å². The van der Waals surface area contributed by atoms with Gasteiger partial charge in [0.05, 0.1) is 6.61 Å². The molecule has 4 nitrogen and oxygen atoms in total. The van der Waals surface area contributed by atoms with E-state index in [9.17, 15) is 8.42 Å². The van der Waals surface area contributed by atoms with E-state index in [0.29, 0.717) is 21.8 Å². The van der Waals surface area contributed by atoms with Crippen molar-refractivity contribution in [2.75, 3.05) is 27.3 Å². The summed E-state index contributed by atoms with van der Waals surface area (Å²) in [6.45, 7) is 0.738. The molecule has 1 aromatic heterocycles. The average molecular weight is 314 g/mol.